The summed E-state index contributed by atoms with van der Waals surface area (Å²) < 4.78 is 16.0. The van der Waals surface area contributed by atoms with Gasteiger partial charge < -0.3 is 19.3 Å². The molecule has 0 unspecified atom stereocenters. The molecule has 0 amide bonds. The average Bonchev–Trinajstić information content (AvgIpc) is 3.48. The summed E-state index contributed by atoms with van der Waals surface area (Å²) in [4.78, 5) is 63.7. The molecule has 4 aliphatic carbocycles. The minimum absolute atomic E-state index is 0.0644. The van der Waals surface area contributed by atoms with E-state index < -0.39 is 70.5 Å². The number of aliphatic hydroxyl groups excluding tert-OH is 1. The molecule has 4 aliphatic rings. The highest BCUT2D eigenvalue weighted by Gasteiger charge is 2.74. The highest BCUT2D eigenvalue weighted by molar-refractivity contribution is 6.20. The fourth-order valence-electron chi connectivity index (χ4n) is 6.39. The minimum atomic E-state index is -1.45. The quantitative estimate of drug-likeness (QED) is 0.466. The Morgan fingerprint density at radius 1 is 1.06 bits per heavy atom. The Bertz CT molecular complexity index is 1110. The second kappa shape index (κ2) is 8.26. The number of carbonyl (C=O) groups excluding carboxylic acids is 5. The van der Waals surface area contributed by atoms with Crippen molar-refractivity contribution >= 4 is 29.5 Å². The molecular weight excluding hydrogens is 456 g/mol. The zero-order valence-corrected chi connectivity index (χ0v) is 20.3. The minimum Gasteiger partial charge on any atom is -0.466 e. The van der Waals surface area contributed by atoms with E-state index in [4.69, 9.17) is 14.2 Å². The Kier molecular flexibility index (Phi) is 5.91. The summed E-state index contributed by atoms with van der Waals surface area (Å²) >= 11 is 0. The number of hydrogen-bond donors (Lipinski definition) is 1. The predicted octanol–water partition coefficient (Wildman–Crippen LogP) is 1.77. The molecule has 0 bridgehead atoms. The van der Waals surface area contributed by atoms with Crippen molar-refractivity contribution in [1.29, 1.82) is 0 Å². The maximum absolute atomic E-state index is 14.2. The molecule has 1 spiro atoms. The third-order valence-corrected chi connectivity index (χ3v) is 8.08. The summed E-state index contributed by atoms with van der Waals surface area (Å²) in [6.07, 6.45) is -3.11. The Morgan fingerprint density at radius 3 is 2.26 bits per heavy atom. The Morgan fingerprint density at radius 2 is 1.69 bits per heavy atom. The van der Waals surface area contributed by atoms with Crippen molar-refractivity contribution in [2.24, 2.45) is 22.7 Å². The first kappa shape index (κ1) is 25.0. The van der Waals surface area contributed by atoms with Crippen LogP contribution in [0.2, 0.25) is 0 Å². The van der Waals surface area contributed by atoms with E-state index in [0.29, 0.717) is 24.0 Å². The topological polar surface area (TPSA) is 133 Å². The zero-order valence-electron chi connectivity index (χ0n) is 20.3. The summed E-state index contributed by atoms with van der Waals surface area (Å²) in [5.41, 5.74) is -1.19. The van der Waals surface area contributed by atoms with E-state index in [1.807, 2.05) is 0 Å². The number of allylic oxidation sites excluding steroid dienone is 1. The van der Waals surface area contributed by atoms with Crippen molar-refractivity contribution in [2.45, 2.75) is 65.3 Å². The van der Waals surface area contributed by atoms with E-state index in [0.717, 1.165) is 13.8 Å². The third-order valence-electron chi connectivity index (χ3n) is 8.08. The van der Waals surface area contributed by atoms with Crippen molar-refractivity contribution in [3.05, 3.63) is 35.5 Å². The summed E-state index contributed by atoms with van der Waals surface area (Å²) in [7, 11) is 0. The number of aliphatic hydroxyl groups is 1. The van der Waals surface area contributed by atoms with Crippen molar-refractivity contribution in [2.75, 3.05) is 6.61 Å². The summed E-state index contributed by atoms with van der Waals surface area (Å²) in [6.45, 7) is 13.3. The van der Waals surface area contributed by atoms with Gasteiger partial charge in [-0.1, -0.05) is 25.7 Å². The van der Waals surface area contributed by atoms with Gasteiger partial charge in [-0.2, -0.15) is 0 Å². The van der Waals surface area contributed by atoms with Gasteiger partial charge in [-0.05, 0) is 24.8 Å². The van der Waals surface area contributed by atoms with E-state index >= 15 is 0 Å². The number of ether oxygens (including phenoxy) is 3. The van der Waals surface area contributed by atoms with Gasteiger partial charge in [0.05, 0.1) is 12.0 Å². The van der Waals surface area contributed by atoms with Gasteiger partial charge in [-0.15, -0.1) is 0 Å². The van der Waals surface area contributed by atoms with E-state index in [2.05, 4.69) is 13.2 Å². The second-order valence-electron chi connectivity index (χ2n) is 10.3. The fraction of sp³-hybridized carbons (Fsp3) is 0.577. The normalized spacial score (nSPS) is 38.0. The van der Waals surface area contributed by atoms with Crippen LogP contribution in [0.5, 0.6) is 0 Å². The lowest BCUT2D eigenvalue weighted by Gasteiger charge is -2.54. The summed E-state index contributed by atoms with van der Waals surface area (Å²) in [5.74, 6) is -4.39. The molecule has 35 heavy (non-hydrogen) atoms. The maximum atomic E-state index is 14.2. The van der Waals surface area contributed by atoms with Crippen LogP contribution in [-0.2, 0) is 38.2 Å². The van der Waals surface area contributed by atoms with Gasteiger partial charge in [0.1, 0.15) is 6.10 Å². The molecule has 4 rings (SSSR count). The first-order valence-corrected chi connectivity index (χ1v) is 11.6. The molecule has 188 valence electrons. The van der Waals surface area contributed by atoms with Gasteiger partial charge in [-0.25, -0.2) is 0 Å². The number of Topliss-reactive ketones (excluding diaryl/α,β-unsaturated/α-hetero) is 2. The molecule has 7 atom stereocenters. The number of esters is 3. The van der Waals surface area contributed by atoms with Gasteiger partial charge in [0, 0.05) is 49.2 Å². The largest absolute Gasteiger partial charge is 0.466 e. The average molecular weight is 487 g/mol. The van der Waals surface area contributed by atoms with E-state index in [9.17, 15) is 29.1 Å². The summed E-state index contributed by atoms with van der Waals surface area (Å²) in [6, 6.07) is 0. The van der Waals surface area contributed by atoms with Crippen LogP contribution < -0.4 is 0 Å². The van der Waals surface area contributed by atoms with Gasteiger partial charge in [0.15, 0.2) is 18.0 Å². The van der Waals surface area contributed by atoms with Crippen molar-refractivity contribution in [3.63, 3.8) is 0 Å². The molecule has 9 heteroatoms. The van der Waals surface area contributed by atoms with Crippen LogP contribution in [0.15, 0.2) is 35.5 Å². The number of rotatable bonds is 4. The van der Waals surface area contributed by atoms with Crippen LogP contribution in [0.3, 0.4) is 0 Å². The van der Waals surface area contributed by atoms with Crippen LogP contribution in [0.1, 0.15) is 47.0 Å². The Hall–Kier alpha value is -3.07. The van der Waals surface area contributed by atoms with Gasteiger partial charge in [-0.3, -0.25) is 24.0 Å². The molecule has 0 heterocycles. The number of fused-ring (bicyclic) bond motifs is 2. The number of ketones is 2. The molecule has 1 N–H and O–H groups in total. The standard InChI is InChI=1S/C26H30O9/c1-11-7-8-25(6)18(12(11)2)20(30)22(34-14(4)28)17-19(25)21(31)24(35-15(5)29)26(23(17)32)9-16(26)10-33-13(3)27/h16,18,20,22,24,30H,1-2,7-10H2,3-6H3/t16-,18-,20+,22+,24-,25+,26+/m1/s1. The molecule has 0 radical (unpaired) electrons. The smallest absolute Gasteiger partial charge is 0.303 e. The first-order chi connectivity index (χ1) is 16.3. The fourth-order valence-corrected chi connectivity index (χ4v) is 6.39. The highest BCUT2D eigenvalue weighted by Crippen LogP contribution is 2.66. The third kappa shape index (κ3) is 3.59. The second-order valence-corrected chi connectivity index (χ2v) is 10.3. The van der Waals surface area contributed by atoms with Crippen LogP contribution >= 0.6 is 0 Å². The molecule has 0 aromatic carbocycles. The van der Waals surface area contributed by atoms with Crippen molar-refractivity contribution in [1.82, 2.24) is 0 Å². The monoisotopic (exact) mass is 486 g/mol. The molecule has 0 saturated heterocycles. The predicted molar refractivity (Wildman–Crippen MR) is 120 cm³/mol. The van der Waals surface area contributed by atoms with E-state index in [-0.39, 0.29) is 24.2 Å². The SMILES string of the molecule is C=C1CC[C@]2(C)C3=C(C(=O)[C@@]4(C[C@@H]4COC(C)=O)[C@H](OC(C)=O)C3=O)[C@H](OC(C)=O)[C@@H](O)[C@H]2C1=C. The van der Waals surface area contributed by atoms with Gasteiger partial charge in [0.25, 0.3) is 0 Å². The molecule has 0 aliphatic heterocycles. The Balaban J connectivity index is 1.92. The van der Waals surface area contributed by atoms with Crippen molar-refractivity contribution in [3.8, 4) is 0 Å². The van der Waals surface area contributed by atoms with E-state index in [1.54, 1.807) is 6.92 Å². The lowest BCUT2D eigenvalue weighted by atomic mass is 9.50. The zero-order chi connectivity index (χ0) is 26.0. The van der Waals surface area contributed by atoms with Crippen molar-refractivity contribution < 1.29 is 43.3 Å². The molecule has 9 nitrogen and oxygen atoms in total. The number of carbonyl (C=O) groups is 5. The molecule has 2 saturated carbocycles. The molecule has 2 fully saturated rings. The van der Waals surface area contributed by atoms with Crippen LogP contribution in [0.25, 0.3) is 0 Å². The van der Waals surface area contributed by atoms with Gasteiger partial charge in [0.2, 0.25) is 5.78 Å². The van der Waals surface area contributed by atoms with Crippen LogP contribution in [0.4, 0.5) is 0 Å². The lowest BCUT2D eigenvalue weighted by Crippen LogP contribution is -2.61. The van der Waals surface area contributed by atoms with Crippen LogP contribution in [0, 0.1) is 22.7 Å². The molecular formula is C26H30O9. The van der Waals surface area contributed by atoms with E-state index in [1.165, 1.54) is 6.92 Å². The number of hydrogen-bond acceptors (Lipinski definition) is 9. The first-order valence-electron chi connectivity index (χ1n) is 11.6. The van der Waals surface area contributed by atoms with Crippen LogP contribution in [-0.4, -0.2) is 59.5 Å². The summed E-state index contributed by atoms with van der Waals surface area (Å²) in [5, 5.41) is 11.4. The molecule has 0 aromatic heterocycles. The molecule has 0 aromatic rings. The lowest BCUT2D eigenvalue weighted by molar-refractivity contribution is -0.166. The maximum Gasteiger partial charge on any atom is 0.303 e. The Labute approximate surface area is 203 Å². The highest BCUT2D eigenvalue weighted by atomic mass is 16.6. The van der Waals surface area contributed by atoms with Gasteiger partial charge >= 0.3 is 17.9 Å².